The van der Waals surface area contributed by atoms with E-state index in [0.717, 1.165) is 0 Å². The molecule has 0 aliphatic carbocycles. The fourth-order valence-electron chi connectivity index (χ4n) is 1.85. The highest BCUT2D eigenvalue weighted by molar-refractivity contribution is 5.36. The number of aryl methyl sites for hydroxylation is 2. The van der Waals surface area contributed by atoms with Gasteiger partial charge in [-0.15, -0.1) is 0 Å². The van der Waals surface area contributed by atoms with Crippen molar-refractivity contribution in [2.24, 2.45) is 5.73 Å². The number of halogens is 5. The molecule has 0 aromatic heterocycles. The molecule has 0 spiro atoms. The molecule has 0 amide bonds. The first-order valence-corrected chi connectivity index (χ1v) is 5.96. The molecule has 1 rings (SSSR count). The van der Waals surface area contributed by atoms with Gasteiger partial charge in [-0.25, -0.2) is 0 Å². The molecule has 108 valence electrons. The van der Waals surface area contributed by atoms with Crippen LogP contribution in [0.25, 0.3) is 0 Å². The van der Waals surface area contributed by atoms with Crippen LogP contribution in [0.3, 0.4) is 0 Å². The molecule has 0 aliphatic heterocycles. The van der Waals surface area contributed by atoms with Crippen LogP contribution in [0.4, 0.5) is 22.0 Å². The minimum absolute atomic E-state index is 0.135. The minimum Gasteiger partial charge on any atom is -0.319 e. The molecule has 0 heterocycles. The first-order chi connectivity index (χ1) is 8.65. The van der Waals surface area contributed by atoms with E-state index < -0.39 is 18.1 Å². The lowest BCUT2D eigenvalue weighted by Crippen LogP contribution is -2.46. The first kappa shape index (κ1) is 15.9. The highest BCUT2D eigenvalue weighted by Crippen LogP contribution is 2.44. The Morgan fingerprint density at radius 3 is 2.05 bits per heavy atom. The van der Waals surface area contributed by atoms with Crippen LogP contribution in [-0.2, 0) is 12.8 Å². The fourth-order valence-corrected chi connectivity index (χ4v) is 1.85. The van der Waals surface area contributed by atoms with Crippen molar-refractivity contribution in [2.75, 3.05) is 0 Å². The summed E-state index contributed by atoms with van der Waals surface area (Å²) in [4.78, 5) is 0. The summed E-state index contributed by atoms with van der Waals surface area (Å²) in [5, 5.41) is 0. The molecule has 2 N–H and O–H groups in total. The average Bonchev–Trinajstić information content (AvgIpc) is 2.35. The molecule has 0 bridgehead atoms. The van der Waals surface area contributed by atoms with E-state index in [9.17, 15) is 22.0 Å². The largest absolute Gasteiger partial charge is 0.455 e. The lowest BCUT2D eigenvalue weighted by molar-refractivity contribution is -0.291. The Bertz CT molecular complexity index is 439. The molecule has 6 heteroatoms. The van der Waals surface area contributed by atoms with Gasteiger partial charge in [0.15, 0.2) is 0 Å². The Kier molecular flexibility index (Phi) is 4.55. The Labute approximate surface area is 108 Å². The molecule has 0 saturated carbocycles. The van der Waals surface area contributed by atoms with Gasteiger partial charge in [0.25, 0.3) is 0 Å². The topological polar surface area (TPSA) is 26.0 Å². The number of rotatable bonds is 4. The van der Waals surface area contributed by atoms with E-state index in [1.165, 1.54) is 6.07 Å². The molecule has 0 fully saturated rings. The number of benzene rings is 1. The minimum atomic E-state index is -5.65. The molecule has 0 aliphatic rings. The molecule has 1 unspecified atom stereocenters. The Morgan fingerprint density at radius 1 is 1.05 bits per heavy atom. The first-order valence-electron chi connectivity index (χ1n) is 5.96. The maximum absolute atomic E-state index is 13.3. The van der Waals surface area contributed by atoms with Crippen LogP contribution in [0.1, 0.15) is 36.6 Å². The van der Waals surface area contributed by atoms with Crippen molar-refractivity contribution in [3.05, 3.63) is 34.9 Å². The summed E-state index contributed by atoms with van der Waals surface area (Å²) in [5.74, 6) is -4.94. The van der Waals surface area contributed by atoms with Gasteiger partial charge in [0.1, 0.15) is 6.04 Å². The van der Waals surface area contributed by atoms with Crippen molar-refractivity contribution in [3.63, 3.8) is 0 Å². The normalized spacial score (nSPS) is 14.5. The van der Waals surface area contributed by atoms with E-state index in [1.807, 2.05) is 0 Å². The zero-order valence-corrected chi connectivity index (χ0v) is 10.7. The lowest BCUT2D eigenvalue weighted by Gasteiger charge is -2.27. The van der Waals surface area contributed by atoms with Gasteiger partial charge in [-0.1, -0.05) is 32.0 Å². The zero-order chi connectivity index (χ0) is 14.8. The van der Waals surface area contributed by atoms with Crippen molar-refractivity contribution in [2.45, 2.75) is 44.8 Å². The van der Waals surface area contributed by atoms with Gasteiger partial charge in [0.05, 0.1) is 0 Å². The van der Waals surface area contributed by atoms with Crippen LogP contribution in [0.5, 0.6) is 0 Å². The summed E-state index contributed by atoms with van der Waals surface area (Å²) in [5.41, 5.74) is 6.15. The van der Waals surface area contributed by atoms with E-state index in [1.54, 1.807) is 26.0 Å². The summed E-state index contributed by atoms with van der Waals surface area (Å²) >= 11 is 0. The van der Waals surface area contributed by atoms with Crippen LogP contribution in [0, 0.1) is 0 Å². The van der Waals surface area contributed by atoms with E-state index in [-0.39, 0.29) is 5.56 Å². The summed E-state index contributed by atoms with van der Waals surface area (Å²) in [6.45, 7) is 3.47. The summed E-state index contributed by atoms with van der Waals surface area (Å²) < 4.78 is 63.7. The second kappa shape index (κ2) is 5.45. The Morgan fingerprint density at radius 2 is 1.63 bits per heavy atom. The Hall–Kier alpha value is -1.17. The van der Waals surface area contributed by atoms with E-state index in [0.29, 0.717) is 24.0 Å². The van der Waals surface area contributed by atoms with Gasteiger partial charge in [0, 0.05) is 0 Å². The van der Waals surface area contributed by atoms with Gasteiger partial charge in [-0.3, -0.25) is 0 Å². The quantitative estimate of drug-likeness (QED) is 0.829. The molecule has 19 heavy (non-hydrogen) atoms. The number of nitrogens with two attached hydrogens (primary N) is 1. The van der Waals surface area contributed by atoms with Gasteiger partial charge in [-0.2, -0.15) is 22.0 Å². The highest BCUT2D eigenvalue weighted by Gasteiger charge is 2.61. The lowest BCUT2D eigenvalue weighted by atomic mass is 9.92. The standard InChI is InChI=1S/C13H16F5N/c1-3-8-5-6-9(4-2)10(7-8)11(19)12(14,15)13(16,17)18/h5-7,11H,3-4,19H2,1-2H3. The fraction of sp³-hybridized carbons (Fsp3) is 0.538. The molecule has 0 saturated heterocycles. The van der Waals surface area contributed by atoms with Crippen molar-refractivity contribution < 1.29 is 22.0 Å². The second-order valence-electron chi connectivity index (χ2n) is 4.34. The van der Waals surface area contributed by atoms with Crippen molar-refractivity contribution in [1.82, 2.24) is 0 Å². The highest BCUT2D eigenvalue weighted by atomic mass is 19.4. The molecule has 1 atom stereocenters. The summed E-state index contributed by atoms with van der Waals surface area (Å²) in [6, 6.07) is 2.22. The van der Waals surface area contributed by atoms with Gasteiger partial charge >= 0.3 is 12.1 Å². The van der Waals surface area contributed by atoms with Gasteiger partial charge in [0.2, 0.25) is 0 Å². The van der Waals surface area contributed by atoms with Crippen LogP contribution in [0.2, 0.25) is 0 Å². The zero-order valence-electron chi connectivity index (χ0n) is 10.7. The SMILES string of the molecule is CCc1ccc(CC)c(C(N)C(F)(F)C(F)(F)F)c1. The van der Waals surface area contributed by atoms with Gasteiger partial charge in [-0.05, 0) is 29.5 Å². The second-order valence-corrected chi connectivity index (χ2v) is 4.34. The third-order valence-corrected chi connectivity index (χ3v) is 3.10. The molecule has 1 aromatic carbocycles. The number of alkyl halides is 5. The van der Waals surface area contributed by atoms with E-state index in [2.05, 4.69) is 0 Å². The Balaban J connectivity index is 3.28. The maximum Gasteiger partial charge on any atom is 0.455 e. The monoisotopic (exact) mass is 281 g/mol. The third-order valence-electron chi connectivity index (χ3n) is 3.10. The van der Waals surface area contributed by atoms with E-state index >= 15 is 0 Å². The van der Waals surface area contributed by atoms with Crippen LogP contribution >= 0.6 is 0 Å². The number of hydrogen-bond acceptors (Lipinski definition) is 1. The van der Waals surface area contributed by atoms with Gasteiger partial charge < -0.3 is 5.73 Å². The molecule has 0 radical (unpaired) electrons. The predicted octanol–water partition coefficient (Wildman–Crippen LogP) is 4.01. The molecule has 1 nitrogen and oxygen atoms in total. The number of hydrogen-bond donors (Lipinski definition) is 1. The maximum atomic E-state index is 13.3. The van der Waals surface area contributed by atoms with Crippen LogP contribution in [0.15, 0.2) is 18.2 Å². The van der Waals surface area contributed by atoms with Crippen LogP contribution < -0.4 is 5.73 Å². The third kappa shape index (κ3) is 3.05. The summed E-state index contributed by atoms with van der Waals surface area (Å²) in [7, 11) is 0. The molecular weight excluding hydrogens is 265 g/mol. The van der Waals surface area contributed by atoms with Crippen molar-refractivity contribution in [3.8, 4) is 0 Å². The van der Waals surface area contributed by atoms with E-state index in [4.69, 9.17) is 5.73 Å². The molecule has 1 aromatic rings. The summed E-state index contributed by atoms with van der Waals surface area (Å²) in [6.07, 6.45) is -4.76. The smallest absolute Gasteiger partial charge is 0.319 e. The predicted molar refractivity (Wildman–Crippen MR) is 63.1 cm³/mol. The van der Waals surface area contributed by atoms with Crippen molar-refractivity contribution >= 4 is 0 Å². The van der Waals surface area contributed by atoms with Crippen LogP contribution in [-0.4, -0.2) is 12.1 Å². The van der Waals surface area contributed by atoms with Crippen molar-refractivity contribution in [1.29, 1.82) is 0 Å². The molecular formula is C13H16F5N. The average molecular weight is 281 g/mol.